The molecule has 0 aromatic rings. The van der Waals surface area contributed by atoms with Crippen LogP contribution in [0.15, 0.2) is 47.6 Å². The quantitative estimate of drug-likeness (QED) is 0.0954. The fourth-order valence-electron chi connectivity index (χ4n) is 11.7. The van der Waals surface area contributed by atoms with E-state index in [2.05, 4.69) is 0 Å². The summed E-state index contributed by atoms with van der Waals surface area (Å²) < 4.78 is 48.6. The normalized spacial score (nSPS) is 38.0. The third-order valence-electron chi connectivity index (χ3n) is 16.9. The molecule has 446 valence electrons. The van der Waals surface area contributed by atoms with Gasteiger partial charge in [-0.3, -0.25) is 24.0 Å². The van der Waals surface area contributed by atoms with Crippen LogP contribution in [-0.4, -0.2) is 153 Å². The average molecular weight is 1130 g/mol. The molecule has 0 spiro atoms. The van der Waals surface area contributed by atoms with E-state index in [0.717, 1.165) is 5.57 Å². The molecule has 3 saturated heterocycles. The van der Waals surface area contributed by atoms with Gasteiger partial charge in [0.25, 0.3) is 11.7 Å². The van der Waals surface area contributed by atoms with E-state index >= 15 is 0 Å². The molecule has 0 unspecified atom stereocenters. The number of cyclic esters (lactones) is 1. The molecule has 4 fully saturated rings. The maximum absolute atomic E-state index is 14.7. The zero-order valence-corrected chi connectivity index (χ0v) is 51.2. The van der Waals surface area contributed by atoms with Crippen molar-refractivity contribution in [2.24, 2.45) is 40.9 Å². The first-order chi connectivity index (χ1) is 36.9. The molecule has 5 aliphatic rings. The summed E-state index contributed by atoms with van der Waals surface area (Å²) in [6.45, 7) is 24.7. The van der Waals surface area contributed by atoms with Gasteiger partial charge >= 0.3 is 11.9 Å². The first-order valence-corrected chi connectivity index (χ1v) is 32.5. The van der Waals surface area contributed by atoms with Crippen molar-refractivity contribution in [2.75, 3.05) is 34.0 Å². The number of Topliss-reactive ketones (excluding diaryl/α,β-unsaturated/α-hetero) is 3. The molecule has 79 heavy (non-hydrogen) atoms. The van der Waals surface area contributed by atoms with Gasteiger partial charge < -0.3 is 52.7 Å². The lowest BCUT2D eigenvalue weighted by atomic mass is 9.78. The first-order valence-electron chi connectivity index (χ1n) is 29.0. The number of allylic oxidation sites excluding steroid dienone is 6. The molecular formula is C61H97NO16Si. The molecule has 1 aliphatic carbocycles. The molecule has 4 aliphatic heterocycles. The van der Waals surface area contributed by atoms with E-state index in [4.69, 9.17) is 37.6 Å². The largest absolute Gasteiger partial charge is 0.460 e. The minimum absolute atomic E-state index is 0.0309. The lowest BCUT2D eigenvalue weighted by Crippen LogP contribution is -2.61. The number of rotatable bonds is 9. The zero-order chi connectivity index (χ0) is 58.8. The van der Waals surface area contributed by atoms with Gasteiger partial charge in [0.15, 0.2) is 19.9 Å². The highest BCUT2D eigenvalue weighted by molar-refractivity contribution is 6.69. The molecule has 1 saturated carbocycles. The Morgan fingerprint density at radius 3 is 2.16 bits per heavy atom. The van der Waals surface area contributed by atoms with E-state index in [9.17, 15) is 39.0 Å². The third-order valence-corrected chi connectivity index (χ3v) is 17.8. The number of carbonyl (C=O) groups excluding carboxylic acids is 6. The number of piperidine rings is 1. The van der Waals surface area contributed by atoms with Crippen molar-refractivity contribution in [2.45, 2.75) is 226 Å². The van der Waals surface area contributed by atoms with Gasteiger partial charge in [-0.15, -0.1) is 0 Å². The summed E-state index contributed by atoms with van der Waals surface area (Å²) in [6, 6.07) is -1.19. The molecule has 15 atom stereocenters. The maximum Gasteiger partial charge on any atom is 0.329 e. The summed E-state index contributed by atoms with van der Waals surface area (Å²) in [7, 11) is 0.746. The minimum Gasteiger partial charge on any atom is -0.460 e. The van der Waals surface area contributed by atoms with Crippen LogP contribution in [0.3, 0.4) is 0 Å². The van der Waals surface area contributed by atoms with Crippen LogP contribution in [0.1, 0.15) is 146 Å². The number of nitrogens with zero attached hydrogens (tertiary/aromatic N) is 1. The van der Waals surface area contributed by atoms with Crippen molar-refractivity contribution >= 4 is 43.5 Å². The average Bonchev–Trinajstić information content (AvgIpc) is 3.39. The Labute approximate surface area is 472 Å². The highest BCUT2D eigenvalue weighted by atomic mass is 28.4. The molecule has 2 bridgehead atoms. The molecular weight excluding hydrogens is 1030 g/mol. The van der Waals surface area contributed by atoms with E-state index < -0.39 is 121 Å². The predicted molar refractivity (Wildman–Crippen MR) is 301 cm³/mol. The van der Waals surface area contributed by atoms with Crippen LogP contribution in [0, 0.1) is 40.9 Å². The molecule has 0 aromatic carbocycles. The summed E-state index contributed by atoms with van der Waals surface area (Å²) >= 11 is 0. The Kier molecular flexibility index (Phi) is 23.8. The number of ketones is 3. The number of methoxy groups -OCH3 is 2. The Morgan fingerprint density at radius 2 is 1.53 bits per heavy atom. The van der Waals surface area contributed by atoms with Crippen molar-refractivity contribution in [3.8, 4) is 0 Å². The fourth-order valence-corrected chi connectivity index (χ4v) is 12.7. The number of hydrogen-bond acceptors (Lipinski definition) is 16. The van der Waals surface area contributed by atoms with Crippen LogP contribution in [0.4, 0.5) is 0 Å². The van der Waals surface area contributed by atoms with Crippen LogP contribution < -0.4 is 0 Å². The Bertz CT molecular complexity index is 2240. The summed E-state index contributed by atoms with van der Waals surface area (Å²) in [5.74, 6) is -9.53. The van der Waals surface area contributed by atoms with E-state index in [1.807, 2.05) is 84.6 Å². The second-order valence-electron chi connectivity index (χ2n) is 25.5. The lowest BCUT2D eigenvalue weighted by Gasteiger charge is -2.42. The van der Waals surface area contributed by atoms with Gasteiger partial charge in [-0.2, -0.15) is 0 Å². The Hall–Kier alpha value is -3.72. The van der Waals surface area contributed by atoms with Gasteiger partial charge in [-0.1, -0.05) is 71.1 Å². The number of fused-ring (bicyclic) bond motifs is 3. The van der Waals surface area contributed by atoms with Gasteiger partial charge in [0.05, 0.1) is 37.6 Å². The highest BCUT2D eigenvalue weighted by Crippen LogP contribution is 2.39. The van der Waals surface area contributed by atoms with Crippen molar-refractivity contribution in [1.82, 2.24) is 4.90 Å². The maximum atomic E-state index is 14.7. The zero-order valence-electron chi connectivity index (χ0n) is 50.2. The number of hydrogen-bond donors (Lipinski definition) is 2. The van der Waals surface area contributed by atoms with Gasteiger partial charge in [-0.05, 0) is 147 Å². The number of esters is 2. The van der Waals surface area contributed by atoms with Crippen LogP contribution in [0.5, 0.6) is 0 Å². The van der Waals surface area contributed by atoms with E-state index in [0.29, 0.717) is 63.4 Å². The topological polar surface area (TPSA) is 220 Å². The number of ether oxygens (including phenoxy) is 7. The Balaban J connectivity index is 1.47. The Morgan fingerprint density at radius 1 is 0.848 bits per heavy atom. The molecule has 2 N–H and O–H groups in total. The molecule has 0 aromatic heterocycles. The SMILES string of the molecule is CO[C@H]1C[C@@H]2CC[C@@H](C)[C@@](O)(O2)C(=O)C(=O)N2CCCC[C@H]2C(=O)O[C@H]([C@H](C)C[C@@H]2CC[C@@H](OC(=O)C3(C)COC(C)(C)OC3)[C@H](O)C2)CC(=O)[C@H](C)/C=C(\C)[C@@H](O[Si](C)(C)C)[C@@H](OC)C(=O)[C@H](C)C[C@H](C)/C=C/C=C/C=C/1C. The van der Waals surface area contributed by atoms with Crippen molar-refractivity contribution in [3.05, 3.63) is 47.6 Å². The monoisotopic (exact) mass is 1130 g/mol. The van der Waals surface area contributed by atoms with Crippen LogP contribution in [0.2, 0.25) is 19.6 Å². The number of amides is 1. The van der Waals surface area contributed by atoms with Crippen LogP contribution in [-0.2, 0) is 66.4 Å². The van der Waals surface area contributed by atoms with Crippen molar-refractivity contribution in [1.29, 1.82) is 0 Å². The minimum atomic E-state index is -2.46. The number of aliphatic hydroxyl groups excluding tert-OH is 1. The third kappa shape index (κ3) is 17.9. The molecule has 1 amide bonds. The standard InChI is InChI=1S/C61H97NO16Si/c1-37-21-17-16-18-22-38(2)50(71-11)33-45-26-24-43(7)61(70,77-45)55(66)56(67)62-28-20-19-23-46(62)57(68)75-51(34-47(63)39(3)30-42(6)53(78-79(13,14)15)54(72-12)52(65)41(5)29-37)40(4)31-44-25-27-49(48(64)32-44)76-58(69)60(10)35-73-59(8,9)74-36-60/h16-18,21-22,30,37,39-41,43-46,48-51,53-54,64,70H,19-20,23-29,31-36H2,1-15H3/b18-16+,21-17+,38-22+,42-30+/t37-,39-,40-,41-,43-,44+,45+,46+,48-,49-,50+,51+,53-,54+,61-/m1/s1. The number of aliphatic hydroxyl groups is 2. The second kappa shape index (κ2) is 28.5. The van der Waals surface area contributed by atoms with Gasteiger partial charge in [0, 0.05) is 51.4 Å². The summed E-state index contributed by atoms with van der Waals surface area (Å²) in [6.07, 6.45) is 10.4. The summed E-state index contributed by atoms with van der Waals surface area (Å²) in [4.78, 5) is 87.2. The van der Waals surface area contributed by atoms with Crippen molar-refractivity contribution < 1.29 is 76.6 Å². The smallest absolute Gasteiger partial charge is 0.329 e. The molecule has 0 radical (unpaired) electrons. The fraction of sp³-hybridized carbons (Fsp3) is 0.770. The van der Waals surface area contributed by atoms with Crippen LogP contribution in [0.25, 0.3) is 0 Å². The van der Waals surface area contributed by atoms with Crippen molar-refractivity contribution in [3.63, 3.8) is 0 Å². The molecule has 18 heteroatoms. The predicted octanol–water partition coefficient (Wildman–Crippen LogP) is 8.73. The van der Waals surface area contributed by atoms with E-state index in [-0.39, 0.29) is 62.4 Å². The summed E-state index contributed by atoms with van der Waals surface area (Å²) in [5.41, 5.74) is 0.486. The summed E-state index contributed by atoms with van der Waals surface area (Å²) in [5, 5.41) is 23.5. The lowest BCUT2D eigenvalue weighted by molar-refractivity contribution is -0.283. The first kappa shape index (κ1) is 66.1. The highest BCUT2D eigenvalue weighted by Gasteiger charge is 2.53. The van der Waals surface area contributed by atoms with E-state index in [1.165, 1.54) is 12.0 Å². The second-order valence-corrected chi connectivity index (χ2v) is 30.0. The van der Waals surface area contributed by atoms with Crippen LogP contribution >= 0.6 is 0 Å². The molecule has 5 rings (SSSR count). The number of carbonyl (C=O) groups is 6. The van der Waals surface area contributed by atoms with Gasteiger partial charge in [-0.25, -0.2) is 4.79 Å². The van der Waals surface area contributed by atoms with Gasteiger partial charge in [0.1, 0.15) is 35.6 Å². The molecule has 4 heterocycles. The van der Waals surface area contributed by atoms with Gasteiger partial charge in [0.2, 0.25) is 5.79 Å². The molecule has 17 nitrogen and oxygen atoms in total. The van der Waals surface area contributed by atoms with E-state index in [1.54, 1.807) is 47.8 Å².